The van der Waals surface area contributed by atoms with E-state index < -0.39 is 6.10 Å². The number of hydrogen-bond acceptors (Lipinski definition) is 2. The third-order valence-electron chi connectivity index (χ3n) is 1.95. The normalized spacial score (nSPS) is 11.7. The van der Waals surface area contributed by atoms with Crippen molar-refractivity contribution in [1.82, 2.24) is 5.32 Å². The van der Waals surface area contributed by atoms with Crippen molar-refractivity contribution in [2.45, 2.75) is 13.0 Å². The maximum atomic E-state index is 11.6. The van der Waals surface area contributed by atoms with Crippen LogP contribution in [0.25, 0.3) is 0 Å². The SMILES string of the molecule is C=C(Br)CNC(=O)C(C)Oc1ccc(Br)cc1. The van der Waals surface area contributed by atoms with Crippen molar-refractivity contribution in [3.05, 3.63) is 39.8 Å². The van der Waals surface area contributed by atoms with Gasteiger partial charge < -0.3 is 10.1 Å². The van der Waals surface area contributed by atoms with E-state index >= 15 is 0 Å². The van der Waals surface area contributed by atoms with Gasteiger partial charge in [0.25, 0.3) is 5.91 Å². The second-order valence-electron chi connectivity index (χ2n) is 3.45. The monoisotopic (exact) mass is 361 g/mol. The van der Waals surface area contributed by atoms with Crippen LogP contribution in [0.2, 0.25) is 0 Å². The second kappa shape index (κ2) is 6.81. The second-order valence-corrected chi connectivity index (χ2v) is 5.49. The van der Waals surface area contributed by atoms with Crippen LogP contribution in [0.4, 0.5) is 0 Å². The molecule has 17 heavy (non-hydrogen) atoms. The van der Waals surface area contributed by atoms with Crippen LogP contribution in [-0.2, 0) is 4.79 Å². The van der Waals surface area contributed by atoms with E-state index in [2.05, 4.69) is 43.8 Å². The first-order valence-electron chi connectivity index (χ1n) is 5.02. The smallest absolute Gasteiger partial charge is 0.261 e. The van der Waals surface area contributed by atoms with E-state index in [4.69, 9.17) is 4.74 Å². The Balaban J connectivity index is 2.48. The van der Waals surface area contributed by atoms with E-state index in [9.17, 15) is 4.79 Å². The maximum absolute atomic E-state index is 11.6. The molecule has 0 radical (unpaired) electrons. The summed E-state index contributed by atoms with van der Waals surface area (Å²) in [5, 5.41) is 2.69. The molecule has 0 saturated heterocycles. The lowest BCUT2D eigenvalue weighted by atomic mass is 10.3. The minimum atomic E-state index is -0.539. The fourth-order valence-electron chi connectivity index (χ4n) is 1.10. The van der Waals surface area contributed by atoms with E-state index in [0.29, 0.717) is 12.3 Å². The number of benzene rings is 1. The Kier molecular flexibility index (Phi) is 5.71. The highest BCUT2D eigenvalue weighted by atomic mass is 79.9. The van der Waals surface area contributed by atoms with Crippen LogP contribution < -0.4 is 10.1 Å². The van der Waals surface area contributed by atoms with Gasteiger partial charge in [0.1, 0.15) is 5.75 Å². The summed E-state index contributed by atoms with van der Waals surface area (Å²) in [6.07, 6.45) is -0.539. The van der Waals surface area contributed by atoms with Crippen LogP contribution >= 0.6 is 31.9 Å². The number of halogens is 2. The zero-order valence-corrected chi connectivity index (χ0v) is 12.5. The molecule has 0 fully saturated rings. The Morgan fingerprint density at radius 3 is 2.59 bits per heavy atom. The van der Waals surface area contributed by atoms with Gasteiger partial charge in [-0.3, -0.25) is 4.79 Å². The molecule has 1 unspecified atom stereocenters. The molecule has 1 rings (SSSR count). The zero-order chi connectivity index (χ0) is 12.8. The highest BCUT2D eigenvalue weighted by molar-refractivity contribution is 9.11. The Morgan fingerprint density at radius 2 is 2.06 bits per heavy atom. The van der Waals surface area contributed by atoms with Crippen LogP contribution in [0, 0.1) is 0 Å². The predicted molar refractivity (Wildman–Crippen MR) is 75.3 cm³/mol. The Morgan fingerprint density at radius 1 is 1.47 bits per heavy atom. The van der Waals surface area contributed by atoms with Gasteiger partial charge in [0, 0.05) is 15.5 Å². The van der Waals surface area contributed by atoms with Crippen molar-refractivity contribution in [2.24, 2.45) is 0 Å². The Bertz CT molecular complexity index is 403. The molecule has 0 aliphatic heterocycles. The first-order valence-corrected chi connectivity index (χ1v) is 6.61. The van der Waals surface area contributed by atoms with Gasteiger partial charge in [-0.05, 0) is 31.2 Å². The number of carbonyl (C=O) groups is 1. The summed E-state index contributed by atoms with van der Waals surface area (Å²) in [7, 11) is 0. The number of ether oxygens (including phenoxy) is 1. The van der Waals surface area contributed by atoms with Gasteiger partial charge in [-0.15, -0.1) is 0 Å². The topological polar surface area (TPSA) is 38.3 Å². The maximum Gasteiger partial charge on any atom is 0.261 e. The molecule has 0 spiro atoms. The summed E-state index contributed by atoms with van der Waals surface area (Å²) in [4.78, 5) is 11.6. The molecule has 0 aliphatic carbocycles. The largest absolute Gasteiger partial charge is 0.481 e. The number of hydrogen-bond donors (Lipinski definition) is 1. The third kappa shape index (κ3) is 5.37. The zero-order valence-electron chi connectivity index (χ0n) is 9.37. The van der Waals surface area contributed by atoms with Crippen molar-refractivity contribution in [2.75, 3.05) is 6.54 Å². The Hall–Kier alpha value is -0.810. The third-order valence-corrected chi connectivity index (χ3v) is 2.76. The van der Waals surface area contributed by atoms with Gasteiger partial charge in [-0.2, -0.15) is 0 Å². The average Bonchev–Trinajstić information content (AvgIpc) is 2.28. The number of nitrogens with one attached hydrogen (secondary N) is 1. The van der Waals surface area contributed by atoms with Gasteiger partial charge in [0.2, 0.25) is 0 Å². The van der Waals surface area contributed by atoms with Gasteiger partial charge >= 0.3 is 0 Å². The summed E-state index contributed by atoms with van der Waals surface area (Å²) < 4.78 is 7.18. The van der Waals surface area contributed by atoms with Gasteiger partial charge in [-0.1, -0.05) is 38.4 Å². The first-order chi connectivity index (χ1) is 7.99. The standard InChI is InChI=1S/C12H13Br2NO2/c1-8(13)7-15-12(16)9(2)17-11-5-3-10(14)4-6-11/h3-6,9H,1,7H2,2H3,(H,15,16). The van der Waals surface area contributed by atoms with Crippen LogP contribution in [0.15, 0.2) is 39.8 Å². The molecule has 0 saturated carbocycles. The van der Waals surface area contributed by atoms with E-state index in [-0.39, 0.29) is 5.91 Å². The van der Waals surface area contributed by atoms with Gasteiger partial charge in [0.05, 0.1) is 0 Å². The lowest BCUT2D eigenvalue weighted by molar-refractivity contribution is -0.127. The van der Waals surface area contributed by atoms with E-state index in [1.54, 1.807) is 19.1 Å². The summed E-state index contributed by atoms with van der Waals surface area (Å²) in [6.45, 7) is 5.73. The van der Waals surface area contributed by atoms with Crippen molar-refractivity contribution in [1.29, 1.82) is 0 Å². The van der Waals surface area contributed by atoms with Crippen molar-refractivity contribution in [3.8, 4) is 5.75 Å². The van der Waals surface area contributed by atoms with Crippen LogP contribution in [0.3, 0.4) is 0 Å². The van der Waals surface area contributed by atoms with Crippen molar-refractivity contribution >= 4 is 37.8 Å². The molecule has 0 bridgehead atoms. The van der Waals surface area contributed by atoms with E-state index in [1.807, 2.05) is 12.1 Å². The van der Waals surface area contributed by atoms with Crippen LogP contribution in [0.1, 0.15) is 6.92 Å². The van der Waals surface area contributed by atoms with Gasteiger partial charge in [0.15, 0.2) is 6.10 Å². The molecular weight excluding hydrogens is 350 g/mol. The van der Waals surface area contributed by atoms with Crippen LogP contribution in [-0.4, -0.2) is 18.6 Å². The fourth-order valence-corrected chi connectivity index (χ4v) is 1.50. The molecule has 5 heteroatoms. The highest BCUT2D eigenvalue weighted by Gasteiger charge is 2.13. The highest BCUT2D eigenvalue weighted by Crippen LogP contribution is 2.17. The minimum Gasteiger partial charge on any atom is -0.481 e. The first kappa shape index (κ1) is 14.3. The minimum absolute atomic E-state index is 0.173. The molecule has 92 valence electrons. The van der Waals surface area contributed by atoms with Crippen molar-refractivity contribution < 1.29 is 9.53 Å². The van der Waals surface area contributed by atoms with Crippen molar-refractivity contribution in [3.63, 3.8) is 0 Å². The van der Waals surface area contributed by atoms with Crippen LogP contribution in [0.5, 0.6) is 5.75 Å². The van der Waals surface area contributed by atoms with E-state index in [1.165, 1.54) is 0 Å². The molecule has 0 heterocycles. The lowest BCUT2D eigenvalue weighted by Crippen LogP contribution is -2.36. The van der Waals surface area contributed by atoms with Gasteiger partial charge in [-0.25, -0.2) is 0 Å². The summed E-state index contributed by atoms with van der Waals surface area (Å²) >= 11 is 6.50. The summed E-state index contributed by atoms with van der Waals surface area (Å²) in [6, 6.07) is 7.33. The molecule has 0 aliphatic rings. The molecule has 1 aromatic carbocycles. The predicted octanol–water partition coefficient (Wildman–Crippen LogP) is 3.24. The molecule has 1 amide bonds. The number of amides is 1. The number of carbonyl (C=O) groups excluding carboxylic acids is 1. The average molecular weight is 363 g/mol. The molecule has 3 nitrogen and oxygen atoms in total. The molecule has 1 atom stereocenters. The quantitative estimate of drug-likeness (QED) is 0.873. The summed E-state index contributed by atoms with van der Waals surface area (Å²) in [5.74, 6) is 0.488. The summed E-state index contributed by atoms with van der Waals surface area (Å²) in [5.41, 5.74) is 0. The fraction of sp³-hybridized carbons (Fsp3) is 0.250. The molecule has 1 N–H and O–H groups in total. The Labute approximate surface area is 117 Å². The lowest BCUT2D eigenvalue weighted by Gasteiger charge is -2.14. The molecule has 0 aromatic heterocycles. The van der Waals surface area contributed by atoms with E-state index in [0.717, 1.165) is 8.96 Å². The number of rotatable bonds is 5. The molecular formula is C12H13Br2NO2. The molecule has 1 aromatic rings.